The van der Waals surface area contributed by atoms with Crippen LogP contribution in [0.4, 0.5) is 5.69 Å². The van der Waals surface area contributed by atoms with Gasteiger partial charge in [0.1, 0.15) is 11.4 Å². The van der Waals surface area contributed by atoms with E-state index in [1.54, 1.807) is 17.7 Å². The Morgan fingerprint density at radius 2 is 2.00 bits per heavy atom. The number of hydrogen-bond donors (Lipinski definition) is 0. The molecule has 0 aliphatic carbocycles. The molecule has 0 atom stereocenters. The van der Waals surface area contributed by atoms with Crippen LogP contribution in [0.15, 0.2) is 59.9 Å². The van der Waals surface area contributed by atoms with Gasteiger partial charge in [-0.3, -0.25) is 4.79 Å². The first-order chi connectivity index (χ1) is 13.2. The van der Waals surface area contributed by atoms with Crippen molar-refractivity contribution in [3.05, 3.63) is 60.4 Å². The van der Waals surface area contributed by atoms with Crippen molar-refractivity contribution >= 4 is 55.0 Å². The molecule has 0 saturated heterocycles. The average molecular weight is 394 g/mol. The number of rotatable bonds is 5. The molecular formula is C21H19N3OS2. The van der Waals surface area contributed by atoms with Crippen LogP contribution < -0.4 is 4.90 Å². The van der Waals surface area contributed by atoms with Gasteiger partial charge >= 0.3 is 0 Å². The highest BCUT2D eigenvalue weighted by atomic mass is 32.2. The Hall–Kier alpha value is -2.44. The molecule has 0 N–H and O–H groups in total. The highest BCUT2D eigenvalue weighted by molar-refractivity contribution is 8.00. The van der Waals surface area contributed by atoms with Crippen LogP contribution in [-0.4, -0.2) is 28.2 Å². The minimum atomic E-state index is 0.0842. The minimum absolute atomic E-state index is 0.0842. The minimum Gasteiger partial charge on any atom is -0.312 e. The SMILES string of the molecule is CCN(C(=O)CSc1ncnc2c1sc1ccccc12)c1cccc(C)c1. The van der Waals surface area contributed by atoms with Crippen LogP contribution in [0.25, 0.3) is 20.3 Å². The van der Waals surface area contributed by atoms with Gasteiger partial charge in [-0.15, -0.1) is 11.3 Å². The molecule has 2 aromatic heterocycles. The lowest BCUT2D eigenvalue weighted by Gasteiger charge is -2.21. The molecular weight excluding hydrogens is 374 g/mol. The standard InChI is InChI=1S/C21H19N3OS2/c1-3-24(15-8-6-7-14(2)11-15)18(25)12-26-21-20-19(22-13-23-21)16-9-4-5-10-17(16)27-20/h4-11,13H,3,12H2,1-2H3. The van der Waals surface area contributed by atoms with Crippen LogP contribution in [0.2, 0.25) is 0 Å². The summed E-state index contributed by atoms with van der Waals surface area (Å²) in [6.45, 7) is 4.68. The van der Waals surface area contributed by atoms with Gasteiger partial charge in [-0.2, -0.15) is 0 Å². The molecule has 0 fully saturated rings. The van der Waals surface area contributed by atoms with Crippen molar-refractivity contribution in [3.63, 3.8) is 0 Å². The Morgan fingerprint density at radius 1 is 1.15 bits per heavy atom. The van der Waals surface area contributed by atoms with Gasteiger partial charge in [0, 0.05) is 22.3 Å². The Kier molecular flexibility index (Phi) is 5.09. The molecule has 0 spiro atoms. The van der Waals surface area contributed by atoms with Crippen LogP contribution in [0.3, 0.4) is 0 Å². The lowest BCUT2D eigenvalue weighted by atomic mass is 10.2. The second-order valence-corrected chi connectivity index (χ2v) is 8.24. The summed E-state index contributed by atoms with van der Waals surface area (Å²) >= 11 is 3.17. The summed E-state index contributed by atoms with van der Waals surface area (Å²) in [4.78, 5) is 23.5. The number of nitrogens with zero attached hydrogens (tertiary/aromatic N) is 3. The van der Waals surface area contributed by atoms with Crippen molar-refractivity contribution in [1.29, 1.82) is 0 Å². The molecule has 0 bridgehead atoms. The van der Waals surface area contributed by atoms with E-state index in [1.165, 1.54) is 16.5 Å². The molecule has 0 radical (unpaired) electrons. The van der Waals surface area contributed by atoms with E-state index in [-0.39, 0.29) is 5.91 Å². The van der Waals surface area contributed by atoms with Crippen molar-refractivity contribution in [2.24, 2.45) is 0 Å². The topological polar surface area (TPSA) is 46.1 Å². The number of aryl methyl sites for hydroxylation is 1. The highest BCUT2D eigenvalue weighted by Gasteiger charge is 2.17. The lowest BCUT2D eigenvalue weighted by Crippen LogP contribution is -2.32. The number of thiophene rings is 1. The third kappa shape index (κ3) is 3.55. The van der Waals surface area contributed by atoms with Crippen LogP contribution in [0.5, 0.6) is 0 Å². The zero-order valence-electron chi connectivity index (χ0n) is 15.2. The maximum Gasteiger partial charge on any atom is 0.237 e. The Morgan fingerprint density at radius 3 is 2.81 bits per heavy atom. The summed E-state index contributed by atoms with van der Waals surface area (Å²) < 4.78 is 2.24. The molecule has 2 aromatic carbocycles. The van der Waals surface area contributed by atoms with Crippen molar-refractivity contribution in [1.82, 2.24) is 9.97 Å². The number of benzene rings is 2. The summed E-state index contributed by atoms with van der Waals surface area (Å²) in [5.74, 6) is 0.434. The summed E-state index contributed by atoms with van der Waals surface area (Å²) in [5, 5.41) is 2.01. The van der Waals surface area contributed by atoms with Gasteiger partial charge in [0.05, 0.1) is 16.0 Å². The number of anilines is 1. The smallest absolute Gasteiger partial charge is 0.237 e. The van der Waals surface area contributed by atoms with Gasteiger partial charge in [0.2, 0.25) is 5.91 Å². The molecule has 4 rings (SSSR count). The van der Waals surface area contributed by atoms with Crippen LogP contribution in [-0.2, 0) is 4.79 Å². The first-order valence-corrected chi connectivity index (χ1v) is 10.6. The fraction of sp³-hybridized carbons (Fsp3) is 0.190. The monoisotopic (exact) mass is 393 g/mol. The number of fused-ring (bicyclic) bond motifs is 3. The van der Waals surface area contributed by atoms with Crippen LogP contribution in [0, 0.1) is 6.92 Å². The van der Waals surface area contributed by atoms with Crippen LogP contribution >= 0.6 is 23.1 Å². The van der Waals surface area contributed by atoms with Gasteiger partial charge in [0.15, 0.2) is 0 Å². The van der Waals surface area contributed by atoms with E-state index < -0.39 is 0 Å². The number of hydrogen-bond acceptors (Lipinski definition) is 5. The zero-order valence-corrected chi connectivity index (χ0v) is 16.8. The summed E-state index contributed by atoms with van der Waals surface area (Å²) in [6, 6.07) is 16.3. The van der Waals surface area contributed by atoms with E-state index in [2.05, 4.69) is 22.1 Å². The fourth-order valence-electron chi connectivity index (χ4n) is 3.11. The maximum atomic E-state index is 12.8. The van der Waals surface area contributed by atoms with E-state index in [9.17, 15) is 4.79 Å². The second kappa shape index (κ2) is 7.66. The number of carbonyl (C=O) groups is 1. The molecule has 2 heterocycles. The summed E-state index contributed by atoms with van der Waals surface area (Å²) in [5.41, 5.74) is 3.05. The predicted octanol–water partition coefficient (Wildman–Crippen LogP) is 5.30. The third-order valence-electron chi connectivity index (χ3n) is 4.39. The van der Waals surface area contributed by atoms with E-state index >= 15 is 0 Å². The van der Waals surface area contributed by atoms with Gasteiger partial charge < -0.3 is 4.90 Å². The largest absolute Gasteiger partial charge is 0.312 e. The molecule has 6 heteroatoms. The zero-order chi connectivity index (χ0) is 18.8. The van der Waals surface area contributed by atoms with Crippen molar-refractivity contribution in [2.45, 2.75) is 18.9 Å². The van der Waals surface area contributed by atoms with Crippen LogP contribution in [0.1, 0.15) is 12.5 Å². The molecule has 0 aliphatic heterocycles. The Labute approximate surface area is 166 Å². The van der Waals surface area contributed by atoms with Gasteiger partial charge in [-0.25, -0.2) is 9.97 Å². The first kappa shape index (κ1) is 17.9. The number of thioether (sulfide) groups is 1. The van der Waals surface area contributed by atoms with Gasteiger partial charge in [0.25, 0.3) is 0 Å². The molecule has 4 nitrogen and oxygen atoms in total. The molecule has 27 heavy (non-hydrogen) atoms. The maximum absolute atomic E-state index is 12.8. The van der Waals surface area contributed by atoms with Crippen molar-refractivity contribution in [2.75, 3.05) is 17.2 Å². The van der Waals surface area contributed by atoms with Crippen molar-refractivity contribution in [3.8, 4) is 0 Å². The lowest BCUT2D eigenvalue weighted by molar-refractivity contribution is -0.116. The van der Waals surface area contributed by atoms with Crippen molar-refractivity contribution < 1.29 is 4.79 Å². The fourth-order valence-corrected chi connectivity index (χ4v) is 5.22. The third-order valence-corrected chi connectivity index (χ3v) is 6.66. The molecule has 0 saturated carbocycles. The predicted molar refractivity (Wildman–Crippen MR) is 115 cm³/mol. The summed E-state index contributed by atoms with van der Waals surface area (Å²) in [6.07, 6.45) is 1.59. The van der Waals surface area contributed by atoms with Gasteiger partial charge in [-0.05, 0) is 37.6 Å². The van der Waals surface area contributed by atoms with E-state index in [1.807, 2.05) is 55.1 Å². The van der Waals surface area contributed by atoms with E-state index in [0.29, 0.717) is 12.3 Å². The highest BCUT2D eigenvalue weighted by Crippen LogP contribution is 2.37. The second-order valence-electron chi connectivity index (χ2n) is 6.22. The average Bonchev–Trinajstić information content (AvgIpc) is 3.06. The molecule has 1 amide bonds. The van der Waals surface area contributed by atoms with E-state index in [0.717, 1.165) is 31.9 Å². The summed E-state index contributed by atoms with van der Waals surface area (Å²) in [7, 11) is 0. The molecule has 136 valence electrons. The molecule has 0 aliphatic rings. The first-order valence-electron chi connectivity index (χ1n) is 8.79. The molecule has 0 unspecified atom stereocenters. The molecule has 4 aromatic rings. The number of carbonyl (C=O) groups excluding carboxylic acids is 1. The normalized spacial score (nSPS) is 11.2. The van der Waals surface area contributed by atoms with E-state index in [4.69, 9.17) is 0 Å². The number of amides is 1. The Balaban J connectivity index is 1.58. The quantitative estimate of drug-likeness (QED) is 0.341. The van der Waals surface area contributed by atoms with Gasteiger partial charge in [-0.1, -0.05) is 42.1 Å². The number of aromatic nitrogens is 2. The Bertz CT molecular complexity index is 1120.